The molecule has 2 aromatic heterocycles. The van der Waals surface area contributed by atoms with Crippen LogP contribution in [0.1, 0.15) is 28.0 Å². The van der Waals surface area contributed by atoms with Crippen molar-refractivity contribution in [1.82, 2.24) is 15.3 Å². The maximum Gasteiger partial charge on any atom is 0.270 e. The minimum absolute atomic E-state index is 0.0860. The Labute approximate surface area is 198 Å². The van der Waals surface area contributed by atoms with Gasteiger partial charge in [0.1, 0.15) is 23.0 Å². The molecule has 0 bridgehead atoms. The molecular formula is C27H26N4O3. The van der Waals surface area contributed by atoms with Crippen LogP contribution in [0, 0.1) is 0 Å². The fraction of sp³-hybridized carbons (Fsp3) is 0.222. The predicted octanol–water partition coefficient (Wildman–Crippen LogP) is 4.68. The van der Waals surface area contributed by atoms with E-state index >= 15 is 0 Å². The van der Waals surface area contributed by atoms with Gasteiger partial charge in [-0.25, -0.2) is 9.97 Å². The van der Waals surface area contributed by atoms with Crippen LogP contribution < -0.4 is 20.1 Å². The number of benzene rings is 2. The van der Waals surface area contributed by atoms with Crippen molar-refractivity contribution >= 4 is 28.2 Å². The van der Waals surface area contributed by atoms with Gasteiger partial charge in [0.25, 0.3) is 5.91 Å². The number of methoxy groups -OCH3 is 2. The van der Waals surface area contributed by atoms with Crippen LogP contribution in [0.15, 0.2) is 67.0 Å². The van der Waals surface area contributed by atoms with Gasteiger partial charge >= 0.3 is 0 Å². The molecule has 0 radical (unpaired) electrons. The molecule has 1 amide bonds. The van der Waals surface area contributed by atoms with Gasteiger partial charge in [-0.1, -0.05) is 12.1 Å². The van der Waals surface area contributed by atoms with Crippen LogP contribution in [0.5, 0.6) is 11.5 Å². The van der Waals surface area contributed by atoms with Gasteiger partial charge in [-0.3, -0.25) is 4.79 Å². The summed E-state index contributed by atoms with van der Waals surface area (Å²) in [6, 6.07) is 17.6. The molecule has 172 valence electrons. The molecule has 7 heteroatoms. The summed E-state index contributed by atoms with van der Waals surface area (Å²) in [5, 5.41) is 8.42. The Kier molecular flexibility index (Phi) is 5.99. The van der Waals surface area contributed by atoms with Crippen LogP contribution in [-0.2, 0) is 12.8 Å². The highest BCUT2D eigenvalue weighted by Crippen LogP contribution is 2.28. The predicted molar refractivity (Wildman–Crippen MR) is 132 cm³/mol. The Morgan fingerprint density at radius 2 is 1.76 bits per heavy atom. The van der Waals surface area contributed by atoms with E-state index in [4.69, 9.17) is 9.47 Å². The number of fused-ring (bicyclic) bond motifs is 2. The SMILES string of the molecule is COc1ccc2c(c1)CCC(NC(=O)c1ccc(Nc3nccc4ccc(OC)cc34)cn1)C2. The monoisotopic (exact) mass is 454 g/mol. The number of amides is 1. The summed E-state index contributed by atoms with van der Waals surface area (Å²) in [6.07, 6.45) is 6.02. The molecule has 0 spiro atoms. The van der Waals surface area contributed by atoms with Crippen molar-refractivity contribution < 1.29 is 14.3 Å². The lowest BCUT2D eigenvalue weighted by molar-refractivity contribution is 0.0928. The fourth-order valence-corrected chi connectivity index (χ4v) is 4.35. The second-order valence-corrected chi connectivity index (χ2v) is 8.35. The third-order valence-electron chi connectivity index (χ3n) is 6.21. The molecule has 5 rings (SSSR count). The van der Waals surface area contributed by atoms with Crippen LogP contribution in [0.3, 0.4) is 0 Å². The summed E-state index contributed by atoms with van der Waals surface area (Å²) < 4.78 is 10.7. The van der Waals surface area contributed by atoms with E-state index in [1.54, 1.807) is 32.7 Å². The number of rotatable bonds is 6. The van der Waals surface area contributed by atoms with Gasteiger partial charge in [0.05, 0.1) is 26.1 Å². The van der Waals surface area contributed by atoms with Crippen LogP contribution >= 0.6 is 0 Å². The number of aryl methyl sites for hydroxylation is 1. The lowest BCUT2D eigenvalue weighted by atomic mass is 9.88. The molecule has 0 saturated heterocycles. The molecule has 2 aromatic carbocycles. The van der Waals surface area contributed by atoms with Crippen LogP contribution in [-0.4, -0.2) is 36.1 Å². The quantitative estimate of drug-likeness (QED) is 0.440. The van der Waals surface area contributed by atoms with E-state index < -0.39 is 0 Å². The highest BCUT2D eigenvalue weighted by molar-refractivity contribution is 5.95. The van der Waals surface area contributed by atoms with Crippen molar-refractivity contribution in [2.24, 2.45) is 0 Å². The molecule has 1 unspecified atom stereocenters. The minimum atomic E-state index is -0.165. The van der Waals surface area contributed by atoms with E-state index in [0.29, 0.717) is 11.5 Å². The third kappa shape index (κ3) is 4.50. The summed E-state index contributed by atoms with van der Waals surface area (Å²) in [5.41, 5.74) is 3.68. The number of carbonyl (C=O) groups is 1. The van der Waals surface area contributed by atoms with E-state index in [0.717, 1.165) is 47.2 Å². The zero-order valence-electron chi connectivity index (χ0n) is 19.2. The summed E-state index contributed by atoms with van der Waals surface area (Å²) >= 11 is 0. The molecule has 0 saturated carbocycles. The number of carbonyl (C=O) groups excluding carboxylic acids is 1. The smallest absolute Gasteiger partial charge is 0.270 e. The average molecular weight is 455 g/mol. The maximum absolute atomic E-state index is 12.8. The Morgan fingerprint density at radius 3 is 2.56 bits per heavy atom. The van der Waals surface area contributed by atoms with Gasteiger partial charge < -0.3 is 20.1 Å². The Balaban J connectivity index is 1.25. The fourth-order valence-electron chi connectivity index (χ4n) is 4.35. The highest BCUT2D eigenvalue weighted by atomic mass is 16.5. The molecule has 7 nitrogen and oxygen atoms in total. The molecule has 1 aliphatic rings. The third-order valence-corrected chi connectivity index (χ3v) is 6.21. The summed E-state index contributed by atoms with van der Waals surface area (Å²) in [5.74, 6) is 2.17. The lowest BCUT2D eigenvalue weighted by Crippen LogP contribution is -2.39. The summed E-state index contributed by atoms with van der Waals surface area (Å²) in [6.45, 7) is 0. The standard InChI is InChI=1S/C27H26N4O3/c1-33-22-9-5-18-13-20(6-3-19(18)14-22)31-27(32)25-10-7-21(16-29-25)30-26-24-15-23(34-2)8-4-17(24)11-12-28-26/h4-5,7-12,14-16,20H,3,6,13H2,1-2H3,(H,28,30)(H,31,32). The van der Waals surface area contributed by atoms with E-state index in [1.807, 2.05) is 36.4 Å². The molecule has 2 heterocycles. The number of pyridine rings is 2. The Hall–Kier alpha value is -4.13. The molecule has 0 fully saturated rings. The molecule has 4 aromatic rings. The first-order valence-electron chi connectivity index (χ1n) is 11.3. The van der Waals surface area contributed by atoms with Crippen molar-refractivity contribution in [3.8, 4) is 11.5 Å². The van der Waals surface area contributed by atoms with Crippen LogP contribution in [0.4, 0.5) is 11.5 Å². The first kappa shape index (κ1) is 21.7. The number of nitrogens with one attached hydrogen (secondary N) is 2. The van der Waals surface area contributed by atoms with E-state index in [1.165, 1.54) is 11.1 Å². The van der Waals surface area contributed by atoms with Gasteiger partial charge in [0, 0.05) is 17.6 Å². The lowest BCUT2D eigenvalue weighted by Gasteiger charge is -2.25. The minimum Gasteiger partial charge on any atom is -0.497 e. The Morgan fingerprint density at radius 1 is 0.941 bits per heavy atom. The highest BCUT2D eigenvalue weighted by Gasteiger charge is 2.21. The zero-order chi connectivity index (χ0) is 23.5. The van der Waals surface area contributed by atoms with Crippen molar-refractivity contribution in [2.45, 2.75) is 25.3 Å². The normalized spacial score (nSPS) is 14.8. The number of hydrogen-bond acceptors (Lipinski definition) is 6. The Bertz CT molecular complexity index is 1340. The molecule has 1 aliphatic carbocycles. The van der Waals surface area contributed by atoms with Gasteiger partial charge in [0.15, 0.2) is 0 Å². The topological polar surface area (TPSA) is 85.4 Å². The summed E-state index contributed by atoms with van der Waals surface area (Å²) in [7, 11) is 3.32. The van der Waals surface area contributed by atoms with Crippen molar-refractivity contribution in [2.75, 3.05) is 19.5 Å². The van der Waals surface area contributed by atoms with Gasteiger partial charge in [0.2, 0.25) is 0 Å². The average Bonchev–Trinajstić information content (AvgIpc) is 2.88. The van der Waals surface area contributed by atoms with E-state index in [2.05, 4.69) is 32.7 Å². The van der Waals surface area contributed by atoms with Crippen molar-refractivity contribution in [3.05, 3.63) is 83.8 Å². The maximum atomic E-state index is 12.8. The molecule has 0 aliphatic heterocycles. The van der Waals surface area contributed by atoms with Crippen LogP contribution in [0.25, 0.3) is 10.8 Å². The molecule has 34 heavy (non-hydrogen) atoms. The first-order valence-corrected chi connectivity index (χ1v) is 11.3. The van der Waals surface area contributed by atoms with E-state index in [-0.39, 0.29) is 11.9 Å². The first-order chi connectivity index (χ1) is 16.6. The number of hydrogen-bond donors (Lipinski definition) is 2. The number of ether oxygens (including phenoxy) is 2. The number of aromatic nitrogens is 2. The second kappa shape index (κ2) is 9.39. The molecule has 2 N–H and O–H groups in total. The van der Waals surface area contributed by atoms with Gasteiger partial charge in [-0.2, -0.15) is 0 Å². The van der Waals surface area contributed by atoms with Crippen molar-refractivity contribution in [1.29, 1.82) is 0 Å². The second-order valence-electron chi connectivity index (χ2n) is 8.35. The van der Waals surface area contributed by atoms with Gasteiger partial charge in [-0.15, -0.1) is 0 Å². The van der Waals surface area contributed by atoms with Crippen molar-refractivity contribution in [3.63, 3.8) is 0 Å². The number of anilines is 2. The molecular weight excluding hydrogens is 428 g/mol. The number of nitrogens with zero attached hydrogens (tertiary/aromatic N) is 2. The largest absolute Gasteiger partial charge is 0.497 e. The van der Waals surface area contributed by atoms with E-state index in [9.17, 15) is 4.79 Å². The zero-order valence-corrected chi connectivity index (χ0v) is 19.2. The molecule has 1 atom stereocenters. The van der Waals surface area contributed by atoms with Crippen LogP contribution in [0.2, 0.25) is 0 Å². The van der Waals surface area contributed by atoms with Gasteiger partial charge in [-0.05, 0) is 78.2 Å². The summed E-state index contributed by atoms with van der Waals surface area (Å²) in [4.78, 5) is 21.6.